The van der Waals surface area contributed by atoms with Gasteiger partial charge in [0.15, 0.2) is 0 Å². The van der Waals surface area contributed by atoms with E-state index in [0.29, 0.717) is 24.6 Å². The Hall–Kier alpha value is -0.300. The lowest BCUT2D eigenvalue weighted by atomic mass is 9.87. The summed E-state index contributed by atoms with van der Waals surface area (Å²) in [6.07, 6.45) is 9.99. The minimum atomic E-state index is -3.16. The molecule has 3 fully saturated rings. The number of sulfonamides is 2. The first-order chi connectivity index (χ1) is 20.1. The summed E-state index contributed by atoms with van der Waals surface area (Å²) in [6.45, 7) is 23.1. The normalized spacial score (nSPS) is 24.2. The van der Waals surface area contributed by atoms with Crippen molar-refractivity contribution in [2.75, 3.05) is 45.9 Å². The highest BCUT2D eigenvalue weighted by Gasteiger charge is 2.27. The van der Waals surface area contributed by atoms with Crippen LogP contribution in [0.4, 0.5) is 0 Å². The van der Waals surface area contributed by atoms with Crippen molar-refractivity contribution in [3.63, 3.8) is 0 Å². The zero-order valence-electron chi connectivity index (χ0n) is 28.7. The van der Waals surface area contributed by atoms with Crippen LogP contribution >= 0.6 is 0 Å². The van der Waals surface area contributed by atoms with Gasteiger partial charge < -0.3 is 14.5 Å². The van der Waals surface area contributed by atoms with Crippen molar-refractivity contribution < 1.29 is 24.4 Å². The van der Waals surface area contributed by atoms with Crippen LogP contribution in [0.3, 0.4) is 0 Å². The van der Waals surface area contributed by atoms with E-state index in [4.69, 9.17) is 4.74 Å². The molecule has 2 saturated heterocycles. The molecule has 0 atom stereocenters. The number of piperidine rings is 2. The molecule has 43 heavy (non-hydrogen) atoms. The van der Waals surface area contributed by atoms with E-state index in [-0.39, 0.29) is 19.4 Å². The van der Waals surface area contributed by atoms with Gasteiger partial charge in [0.05, 0.1) is 23.2 Å². The average molecular weight is 655 g/mol. The number of ether oxygens (including phenoxy) is 1. The molecule has 0 bridgehead atoms. The third-order valence-electron chi connectivity index (χ3n) is 9.82. The summed E-state index contributed by atoms with van der Waals surface area (Å²) < 4.78 is 58.7. The number of nitrogens with zero attached hydrogens (tertiary/aromatic N) is 2. The van der Waals surface area contributed by atoms with E-state index in [1.54, 1.807) is 27.7 Å². The Bertz CT molecular complexity index is 976. The maximum atomic E-state index is 11.9. The van der Waals surface area contributed by atoms with E-state index in [0.717, 1.165) is 70.2 Å². The lowest BCUT2D eigenvalue weighted by Gasteiger charge is -2.34. The number of rotatable bonds is 14. The lowest BCUT2D eigenvalue weighted by Crippen LogP contribution is -2.42. The minimum absolute atomic E-state index is 0. The summed E-state index contributed by atoms with van der Waals surface area (Å²) in [7, 11) is -6.24. The molecule has 0 radical (unpaired) electrons. The third kappa shape index (κ3) is 14.3. The Balaban J connectivity index is 0.000000865. The zero-order chi connectivity index (χ0) is 32.2. The summed E-state index contributed by atoms with van der Waals surface area (Å²) in [4.78, 5) is 5.02. The largest absolute Gasteiger partial charge is 0.377 e. The van der Waals surface area contributed by atoms with Gasteiger partial charge in [0.1, 0.15) is 0 Å². The summed E-state index contributed by atoms with van der Waals surface area (Å²) in [5.74, 6) is 2.37. The highest BCUT2D eigenvalue weighted by Crippen LogP contribution is 2.25. The molecule has 11 heteroatoms. The van der Waals surface area contributed by atoms with Crippen molar-refractivity contribution in [2.24, 2.45) is 17.8 Å². The molecule has 9 nitrogen and oxygen atoms in total. The Morgan fingerprint density at radius 3 is 1.79 bits per heavy atom. The number of nitrogens with one attached hydrogen (secondary N) is 2. The van der Waals surface area contributed by atoms with Crippen LogP contribution in [0.15, 0.2) is 0 Å². The maximum absolute atomic E-state index is 11.9. The Morgan fingerprint density at radius 2 is 1.30 bits per heavy atom. The van der Waals surface area contributed by atoms with Gasteiger partial charge in [0, 0.05) is 28.0 Å². The van der Waals surface area contributed by atoms with Crippen molar-refractivity contribution in [3.05, 3.63) is 0 Å². The van der Waals surface area contributed by atoms with Gasteiger partial charge in [-0.1, -0.05) is 13.8 Å². The quantitative estimate of drug-likeness (QED) is 0.261. The summed E-state index contributed by atoms with van der Waals surface area (Å²) in [5, 5.41) is -0.693. The van der Waals surface area contributed by atoms with Gasteiger partial charge in [-0.2, -0.15) is 0 Å². The smallest absolute Gasteiger partial charge is 0.214 e. The molecule has 2 heterocycles. The molecule has 0 aromatic heterocycles. The first-order valence-electron chi connectivity index (χ1n) is 17.2. The standard InChI is InChI=1S/C19H38N2O3S.C13H28N2O2S.2H2/c1-15(2)17-9-11-21(12-10-17)13-14-24-19-7-5-18(6-8-19)20-25(22,23)16(3)4;1-11(2)15-9-6-13(7-10-15)5-8-14-18(16,17)12(3)4;;/h15-20H,5-14H2,1-4H3;11-14H,5-10H2,1-4H3;2*1H. The molecular formula is C32H70N4O5S2. The van der Waals surface area contributed by atoms with Crippen LogP contribution in [-0.2, 0) is 24.8 Å². The fraction of sp³-hybridized carbons (Fsp3) is 1.00. The molecule has 0 spiro atoms. The van der Waals surface area contributed by atoms with Gasteiger partial charge in [0.25, 0.3) is 0 Å². The second-order valence-corrected chi connectivity index (χ2v) is 18.9. The first kappa shape index (κ1) is 38.9. The van der Waals surface area contributed by atoms with Gasteiger partial charge in [-0.15, -0.1) is 0 Å². The van der Waals surface area contributed by atoms with Gasteiger partial charge in [0.2, 0.25) is 20.0 Å². The second kappa shape index (κ2) is 18.7. The van der Waals surface area contributed by atoms with Crippen molar-refractivity contribution in [1.82, 2.24) is 19.2 Å². The van der Waals surface area contributed by atoms with Crippen LogP contribution in [0, 0.1) is 17.8 Å². The van der Waals surface area contributed by atoms with Gasteiger partial charge in [-0.3, -0.25) is 0 Å². The predicted molar refractivity (Wildman–Crippen MR) is 184 cm³/mol. The van der Waals surface area contributed by atoms with Crippen LogP contribution in [0.5, 0.6) is 0 Å². The third-order valence-corrected chi connectivity index (χ3v) is 13.6. The maximum Gasteiger partial charge on any atom is 0.214 e. The van der Waals surface area contributed by atoms with Crippen molar-refractivity contribution in [3.8, 4) is 0 Å². The molecule has 3 aliphatic rings. The SMILES string of the molecule is CC(C)C1CCN(CCOC2CCC(NS(=O)(=O)C(C)C)CC2)CC1.CC(C)N1CCC(CCNS(=O)(=O)C(C)C)CC1.[HH].[HH]. The highest BCUT2D eigenvalue weighted by molar-refractivity contribution is 7.90. The van der Waals surface area contributed by atoms with E-state index < -0.39 is 20.0 Å². The number of hydrogen-bond donors (Lipinski definition) is 2. The minimum Gasteiger partial charge on any atom is -0.377 e. The van der Waals surface area contributed by atoms with Crippen LogP contribution in [0.2, 0.25) is 0 Å². The van der Waals surface area contributed by atoms with Crippen LogP contribution in [0.25, 0.3) is 0 Å². The molecule has 0 aromatic rings. The summed E-state index contributed by atoms with van der Waals surface area (Å²) in [5.41, 5.74) is 0. The van der Waals surface area contributed by atoms with Crippen LogP contribution in [0.1, 0.15) is 116 Å². The molecule has 0 aromatic carbocycles. The molecule has 2 N–H and O–H groups in total. The average Bonchev–Trinajstić information content (AvgIpc) is 2.94. The van der Waals surface area contributed by atoms with E-state index >= 15 is 0 Å². The summed E-state index contributed by atoms with van der Waals surface area (Å²) >= 11 is 0. The molecule has 260 valence electrons. The molecule has 0 unspecified atom stereocenters. The molecular weight excluding hydrogens is 585 g/mol. The molecule has 2 aliphatic heterocycles. The van der Waals surface area contributed by atoms with E-state index in [1.807, 2.05) is 0 Å². The van der Waals surface area contributed by atoms with E-state index in [9.17, 15) is 16.8 Å². The van der Waals surface area contributed by atoms with E-state index in [2.05, 4.69) is 46.9 Å². The molecule has 3 rings (SSSR count). The Kier molecular flexibility index (Phi) is 17.0. The molecule has 0 amide bonds. The number of hydrogen-bond acceptors (Lipinski definition) is 7. The van der Waals surface area contributed by atoms with Gasteiger partial charge >= 0.3 is 0 Å². The fourth-order valence-electron chi connectivity index (χ4n) is 6.24. The van der Waals surface area contributed by atoms with Gasteiger partial charge in [-0.05, 0) is 143 Å². The van der Waals surface area contributed by atoms with Crippen molar-refractivity contribution >= 4 is 20.0 Å². The van der Waals surface area contributed by atoms with Crippen LogP contribution in [-0.4, -0.2) is 101 Å². The van der Waals surface area contributed by atoms with Crippen molar-refractivity contribution in [2.45, 2.75) is 142 Å². The predicted octanol–water partition coefficient (Wildman–Crippen LogP) is 5.33. The monoisotopic (exact) mass is 654 g/mol. The first-order valence-corrected chi connectivity index (χ1v) is 20.3. The molecule has 1 saturated carbocycles. The van der Waals surface area contributed by atoms with E-state index in [1.165, 1.54) is 38.8 Å². The fourth-order valence-corrected chi connectivity index (χ4v) is 7.95. The van der Waals surface area contributed by atoms with Crippen molar-refractivity contribution in [1.29, 1.82) is 0 Å². The van der Waals surface area contributed by atoms with Gasteiger partial charge in [-0.25, -0.2) is 26.3 Å². The summed E-state index contributed by atoms with van der Waals surface area (Å²) in [6, 6.07) is 0.715. The van der Waals surface area contributed by atoms with Crippen LogP contribution < -0.4 is 9.44 Å². The Morgan fingerprint density at radius 1 is 0.744 bits per heavy atom. The highest BCUT2D eigenvalue weighted by atomic mass is 32.2. The number of likely N-dealkylation sites (tertiary alicyclic amines) is 2. The Labute approximate surface area is 268 Å². The second-order valence-electron chi connectivity index (χ2n) is 14.3. The topological polar surface area (TPSA) is 108 Å². The molecule has 1 aliphatic carbocycles. The lowest BCUT2D eigenvalue weighted by molar-refractivity contribution is 0.00738. The zero-order valence-corrected chi connectivity index (χ0v) is 30.3.